The lowest BCUT2D eigenvalue weighted by atomic mass is 10.3. The highest BCUT2D eigenvalue weighted by atomic mass is 32.1. The van der Waals surface area contributed by atoms with Crippen LogP contribution in [-0.2, 0) is 0 Å². The van der Waals surface area contributed by atoms with Crippen LogP contribution in [0.25, 0.3) is 0 Å². The van der Waals surface area contributed by atoms with Crippen molar-refractivity contribution in [3.8, 4) is 0 Å². The second-order valence-electron chi connectivity index (χ2n) is 1.71. The first-order chi connectivity index (χ1) is 4.22. The first kappa shape index (κ1) is 6.35. The van der Waals surface area contributed by atoms with Gasteiger partial charge in [0.15, 0.2) is 0 Å². The molecule has 0 fully saturated rings. The minimum atomic E-state index is -0.178. The lowest BCUT2D eigenvalue weighted by Crippen LogP contribution is -2.10. The van der Waals surface area contributed by atoms with Gasteiger partial charge in [-0.3, -0.25) is 4.79 Å². The third-order valence-electron chi connectivity index (χ3n) is 1.08. The zero-order valence-electron chi connectivity index (χ0n) is 4.88. The summed E-state index contributed by atoms with van der Waals surface area (Å²) in [5, 5.41) is 5.82. The molecule has 0 aliphatic heterocycles. The van der Waals surface area contributed by atoms with E-state index in [0.29, 0.717) is 10.5 Å². The van der Waals surface area contributed by atoms with E-state index in [2.05, 4.69) is 22.8 Å². The third-order valence-corrected chi connectivity index (χ3v) is 1.53. The Balaban J connectivity index is 3.43. The van der Waals surface area contributed by atoms with Gasteiger partial charge in [0, 0.05) is 10.5 Å². The third kappa shape index (κ3) is 1.13. The van der Waals surface area contributed by atoms with E-state index in [4.69, 9.17) is 0 Å². The molecule has 1 aromatic rings. The van der Waals surface area contributed by atoms with Gasteiger partial charge in [0.2, 0.25) is 0 Å². The smallest absolute Gasteiger partial charge is 0.268 e. The molecule has 0 saturated carbocycles. The van der Waals surface area contributed by atoms with Crippen molar-refractivity contribution in [3.63, 3.8) is 0 Å². The van der Waals surface area contributed by atoms with Crippen LogP contribution in [0.5, 0.6) is 0 Å². The van der Waals surface area contributed by atoms with Crippen molar-refractivity contribution in [2.24, 2.45) is 0 Å². The average Bonchev–Trinajstić information content (AvgIpc) is 1.83. The predicted molar refractivity (Wildman–Crippen MR) is 36.8 cm³/mol. The van der Waals surface area contributed by atoms with E-state index in [-0.39, 0.29) is 5.56 Å². The Bertz CT molecular complexity index is 268. The Hall–Kier alpha value is -0.770. The molecule has 1 aromatic heterocycles. The van der Waals surface area contributed by atoms with Crippen LogP contribution in [0.4, 0.5) is 0 Å². The lowest BCUT2D eigenvalue weighted by Gasteiger charge is -1.91. The summed E-state index contributed by atoms with van der Waals surface area (Å²) in [7, 11) is 0. The van der Waals surface area contributed by atoms with Gasteiger partial charge in [0.05, 0.1) is 6.20 Å². The second-order valence-corrected chi connectivity index (χ2v) is 2.19. The summed E-state index contributed by atoms with van der Waals surface area (Å²) >= 11 is 3.99. The fourth-order valence-corrected chi connectivity index (χ4v) is 0.608. The maximum atomic E-state index is 10.7. The van der Waals surface area contributed by atoms with Gasteiger partial charge in [-0.15, -0.1) is 12.6 Å². The lowest BCUT2D eigenvalue weighted by molar-refractivity contribution is 0.931. The van der Waals surface area contributed by atoms with Crippen LogP contribution in [0.1, 0.15) is 5.56 Å². The van der Waals surface area contributed by atoms with Crippen LogP contribution in [0.2, 0.25) is 0 Å². The quantitative estimate of drug-likeness (QED) is 0.514. The van der Waals surface area contributed by atoms with Crippen molar-refractivity contribution in [3.05, 3.63) is 22.1 Å². The van der Waals surface area contributed by atoms with Crippen LogP contribution >= 0.6 is 12.6 Å². The number of nitrogens with one attached hydrogen (secondary N) is 1. The maximum Gasteiger partial charge on any atom is 0.268 e. The summed E-state index contributed by atoms with van der Waals surface area (Å²) in [6, 6.07) is 0. The van der Waals surface area contributed by atoms with Crippen molar-refractivity contribution >= 4 is 12.6 Å². The second kappa shape index (κ2) is 2.23. The molecular formula is C5H6N2OS. The number of hydrogen-bond acceptors (Lipinski definition) is 3. The summed E-state index contributed by atoms with van der Waals surface area (Å²) in [5.41, 5.74) is 0.427. The van der Waals surface area contributed by atoms with Gasteiger partial charge in [0.1, 0.15) is 0 Å². The normalized spacial score (nSPS) is 9.56. The van der Waals surface area contributed by atoms with Crippen molar-refractivity contribution in [1.29, 1.82) is 0 Å². The molecule has 3 nitrogen and oxygen atoms in total. The molecule has 0 spiro atoms. The molecule has 0 atom stereocenters. The van der Waals surface area contributed by atoms with Crippen LogP contribution < -0.4 is 5.56 Å². The number of aromatic nitrogens is 2. The summed E-state index contributed by atoms with van der Waals surface area (Å²) in [5.74, 6) is 0. The molecule has 1 N–H and O–H groups in total. The van der Waals surface area contributed by atoms with Crippen molar-refractivity contribution in [2.45, 2.75) is 11.8 Å². The van der Waals surface area contributed by atoms with Gasteiger partial charge < -0.3 is 0 Å². The number of thiol groups is 1. The number of nitrogens with zero attached hydrogens (tertiary/aromatic N) is 1. The Kier molecular flexibility index (Phi) is 1.57. The summed E-state index contributed by atoms with van der Waals surface area (Å²) < 4.78 is 0. The first-order valence-corrected chi connectivity index (χ1v) is 2.90. The first-order valence-electron chi connectivity index (χ1n) is 2.45. The molecule has 0 bridgehead atoms. The minimum Gasteiger partial charge on any atom is -0.268 e. The van der Waals surface area contributed by atoms with E-state index >= 15 is 0 Å². The Morgan fingerprint density at radius 3 is 2.89 bits per heavy atom. The van der Waals surface area contributed by atoms with Gasteiger partial charge in [-0.05, 0) is 6.92 Å². The van der Waals surface area contributed by atoms with Crippen LogP contribution in [-0.4, -0.2) is 10.2 Å². The van der Waals surface area contributed by atoms with Gasteiger partial charge in [-0.25, -0.2) is 5.10 Å². The maximum absolute atomic E-state index is 10.7. The Morgan fingerprint density at radius 1 is 1.78 bits per heavy atom. The van der Waals surface area contributed by atoms with Gasteiger partial charge in [-0.2, -0.15) is 5.10 Å². The molecule has 0 radical (unpaired) electrons. The zero-order chi connectivity index (χ0) is 6.85. The van der Waals surface area contributed by atoms with E-state index in [1.54, 1.807) is 6.92 Å². The topological polar surface area (TPSA) is 45.8 Å². The number of H-pyrrole nitrogens is 1. The average molecular weight is 142 g/mol. The van der Waals surface area contributed by atoms with Crippen LogP contribution in [0.3, 0.4) is 0 Å². The molecule has 0 unspecified atom stereocenters. The SMILES string of the molecule is Cc1c(S)cn[nH]c1=O. The predicted octanol–water partition coefficient (Wildman–Crippen LogP) is 0.367. The van der Waals surface area contributed by atoms with E-state index < -0.39 is 0 Å². The minimum absolute atomic E-state index is 0.178. The molecule has 0 aliphatic carbocycles. The van der Waals surface area contributed by atoms with Crippen LogP contribution in [0.15, 0.2) is 15.9 Å². The molecule has 1 heterocycles. The molecule has 0 saturated heterocycles. The molecule has 0 aliphatic rings. The number of hydrogen-bond donors (Lipinski definition) is 2. The monoisotopic (exact) mass is 142 g/mol. The standard InChI is InChI=1S/C5H6N2OS/c1-3-4(9)2-6-7-5(3)8/h2H,1H3,(H2,7,8,9). The summed E-state index contributed by atoms with van der Waals surface area (Å²) in [4.78, 5) is 11.3. The molecule has 0 aromatic carbocycles. The highest BCUT2D eigenvalue weighted by Crippen LogP contribution is 2.02. The highest BCUT2D eigenvalue weighted by Gasteiger charge is 1.94. The van der Waals surface area contributed by atoms with Gasteiger partial charge >= 0.3 is 0 Å². The van der Waals surface area contributed by atoms with E-state index in [9.17, 15) is 4.79 Å². The number of rotatable bonds is 0. The summed E-state index contributed by atoms with van der Waals surface area (Å²) in [6.07, 6.45) is 1.50. The largest absolute Gasteiger partial charge is 0.268 e. The molecular weight excluding hydrogens is 136 g/mol. The fourth-order valence-electron chi connectivity index (χ4n) is 0.449. The van der Waals surface area contributed by atoms with Crippen molar-refractivity contribution < 1.29 is 0 Å². The van der Waals surface area contributed by atoms with E-state index in [1.807, 2.05) is 0 Å². The summed E-state index contributed by atoms with van der Waals surface area (Å²) in [6.45, 7) is 1.70. The van der Waals surface area contributed by atoms with Crippen LogP contribution in [0, 0.1) is 6.92 Å². The molecule has 9 heavy (non-hydrogen) atoms. The van der Waals surface area contributed by atoms with Gasteiger partial charge in [0.25, 0.3) is 5.56 Å². The van der Waals surface area contributed by atoms with Gasteiger partial charge in [-0.1, -0.05) is 0 Å². The molecule has 0 amide bonds. The fraction of sp³-hybridized carbons (Fsp3) is 0.200. The Morgan fingerprint density at radius 2 is 2.44 bits per heavy atom. The zero-order valence-corrected chi connectivity index (χ0v) is 5.77. The molecule has 1 rings (SSSR count). The molecule has 48 valence electrons. The number of aromatic amines is 1. The van der Waals surface area contributed by atoms with E-state index in [1.165, 1.54) is 6.20 Å². The van der Waals surface area contributed by atoms with Crippen molar-refractivity contribution in [2.75, 3.05) is 0 Å². The molecule has 4 heteroatoms. The van der Waals surface area contributed by atoms with Crippen molar-refractivity contribution in [1.82, 2.24) is 10.2 Å². The Labute approximate surface area is 57.5 Å². The van der Waals surface area contributed by atoms with E-state index in [0.717, 1.165) is 0 Å². The highest BCUT2D eigenvalue weighted by molar-refractivity contribution is 7.80.